The van der Waals surface area contributed by atoms with Crippen molar-refractivity contribution in [2.24, 2.45) is 0 Å². The van der Waals surface area contributed by atoms with E-state index in [1.54, 1.807) is 11.0 Å². The van der Waals surface area contributed by atoms with Crippen LogP contribution >= 0.6 is 0 Å². The Morgan fingerprint density at radius 1 is 1.25 bits per heavy atom. The molecule has 1 aliphatic rings. The Morgan fingerprint density at radius 2 is 2.08 bits per heavy atom. The highest BCUT2D eigenvalue weighted by Crippen LogP contribution is 2.11. The number of hydrogen-bond donors (Lipinski definition) is 0. The summed E-state index contributed by atoms with van der Waals surface area (Å²) in [5, 5.41) is 4.05. The molecule has 128 valence electrons. The number of hydrogen-bond acceptors (Lipinski definition) is 5. The minimum Gasteiger partial charge on any atom is -0.340 e. The zero-order chi connectivity index (χ0) is 16.8. The van der Waals surface area contributed by atoms with Crippen LogP contribution in [0.1, 0.15) is 24.1 Å². The molecule has 0 bridgehead atoms. The molecule has 2 aromatic heterocycles. The van der Waals surface area contributed by atoms with E-state index < -0.39 is 0 Å². The number of amides is 1. The Hall–Kier alpha value is -2.28. The van der Waals surface area contributed by atoms with E-state index in [0.717, 1.165) is 51.4 Å². The quantitative estimate of drug-likeness (QED) is 0.794. The predicted molar refractivity (Wildman–Crippen MR) is 90.1 cm³/mol. The van der Waals surface area contributed by atoms with Gasteiger partial charge >= 0.3 is 0 Å². The van der Waals surface area contributed by atoms with Gasteiger partial charge in [-0.3, -0.25) is 19.4 Å². The first-order valence-electron chi connectivity index (χ1n) is 8.45. The number of aromatic nitrogens is 4. The zero-order valence-corrected chi connectivity index (χ0v) is 14.1. The van der Waals surface area contributed by atoms with Crippen LogP contribution in [0, 0.1) is 6.92 Å². The molecule has 0 N–H and O–H groups in total. The van der Waals surface area contributed by atoms with Crippen LogP contribution in [-0.2, 0) is 17.9 Å². The molecule has 24 heavy (non-hydrogen) atoms. The molecule has 0 unspecified atom stereocenters. The summed E-state index contributed by atoms with van der Waals surface area (Å²) in [7, 11) is 0. The Kier molecular flexibility index (Phi) is 5.53. The van der Waals surface area contributed by atoms with Crippen molar-refractivity contribution in [1.82, 2.24) is 29.5 Å². The van der Waals surface area contributed by atoms with Gasteiger partial charge in [-0.05, 0) is 25.0 Å². The van der Waals surface area contributed by atoms with Crippen LogP contribution in [0.2, 0.25) is 0 Å². The van der Waals surface area contributed by atoms with Gasteiger partial charge in [0.05, 0.1) is 5.69 Å². The van der Waals surface area contributed by atoms with Crippen LogP contribution < -0.4 is 0 Å². The number of carbonyl (C=O) groups is 1. The second kappa shape index (κ2) is 8.01. The van der Waals surface area contributed by atoms with Gasteiger partial charge in [0.1, 0.15) is 12.7 Å². The first kappa shape index (κ1) is 16.6. The number of carbonyl (C=O) groups excluding carboxylic acids is 1. The maximum atomic E-state index is 12.3. The first-order valence-corrected chi connectivity index (χ1v) is 8.45. The Labute approximate surface area is 142 Å². The van der Waals surface area contributed by atoms with E-state index in [9.17, 15) is 4.79 Å². The smallest absolute Gasteiger partial charge is 0.222 e. The lowest BCUT2D eigenvalue weighted by molar-refractivity contribution is -0.133. The lowest BCUT2D eigenvalue weighted by Gasteiger charge is -2.34. The largest absolute Gasteiger partial charge is 0.340 e. The number of nitrogens with zero attached hydrogens (tertiary/aromatic N) is 6. The summed E-state index contributed by atoms with van der Waals surface area (Å²) in [4.78, 5) is 25.0. The Morgan fingerprint density at radius 3 is 2.79 bits per heavy atom. The van der Waals surface area contributed by atoms with Gasteiger partial charge in [-0.15, -0.1) is 0 Å². The highest BCUT2D eigenvalue weighted by molar-refractivity contribution is 5.76. The molecule has 0 saturated carbocycles. The molecule has 2 aromatic rings. The van der Waals surface area contributed by atoms with Crippen LogP contribution in [0.15, 0.2) is 31.0 Å². The summed E-state index contributed by atoms with van der Waals surface area (Å²) < 4.78 is 1.76. The summed E-state index contributed by atoms with van der Waals surface area (Å²) in [5.74, 6) is 0.240. The van der Waals surface area contributed by atoms with Crippen molar-refractivity contribution in [3.05, 3.63) is 42.2 Å². The van der Waals surface area contributed by atoms with Gasteiger partial charge < -0.3 is 4.90 Å². The maximum Gasteiger partial charge on any atom is 0.222 e. The van der Waals surface area contributed by atoms with E-state index in [4.69, 9.17) is 0 Å². The second-order valence-electron chi connectivity index (χ2n) is 6.19. The van der Waals surface area contributed by atoms with Crippen LogP contribution in [0.3, 0.4) is 0 Å². The highest BCUT2D eigenvalue weighted by atomic mass is 16.2. The molecular formula is C17H24N6O. The molecule has 3 heterocycles. The van der Waals surface area contributed by atoms with Crippen molar-refractivity contribution in [2.45, 2.75) is 32.9 Å². The fourth-order valence-electron chi connectivity index (χ4n) is 2.95. The van der Waals surface area contributed by atoms with Crippen molar-refractivity contribution >= 4 is 5.91 Å². The minimum absolute atomic E-state index is 0.240. The summed E-state index contributed by atoms with van der Waals surface area (Å²) in [6.45, 7) is 7.11. The number of pyridine rings is 1. The molecule has 7 heteroatoms. The van der Waals surface area contributed by atoms with Gasteiger partial charge in [0.15, 0.2) is 0 Å². The molecule has 0 spiro atoms. The summed E-state index contributed by atoms with van der Waals surface area (Å²) >= 11 is 0. The molecule has 0 aliphatic carbocycles. The van der Waals surface area contributed by atoms with E-state index in [2.05, 4.69) is 33.0 Å². The molecule has 0 aromatic carbocycles. The third-order valence-corrected chi connectivity index (χ3v) is 4.46. The third-order valence-electron chi connectivity index (χ3n) is 4.46. The molecule has 1 saturated heterocycles. The van der Waals surface area contributed by atoms with Gasteiger partial charge in [0, 0.05) is 51.9 Å². The molecule has 0 atom stereocenters. The Bertz CT molecular complexity index is 649. The van der Waals surface area contributed by atoms with Crippen molar-refractivity contribution in [3.63, 3.8) is 0 Å². The van der Waals surface area contributed by atoms with Crippen LogP contribution in [0.25, 0.3) is 0 Å². The molecular weight excluding hydrogens is 304 g/mol. The number of aryl methyl sites for hydroxylation is 2. The average Bonchev–Trinajstić information content (AvgIpc) is 3.11. The van der Waals surface area contributed by atoms with Crippen molar-refractivity contribution < 1.29 is 4.79 Å². The van der Waals surface area contributed by atoms with Crippen molar-refractivity contribution in [2.75, 3.05) is 26.2 Å². The van der Waals surface area contributed by atoms with Gasteiger partial charge in [0.2, 0.25) is 5.91 Å². The van der Waals surface area contributed by atoms with Crippen LogP contribution in [-0.4, -0.2) is 61.6 Å². The number of piperazine rings is 1. The van der Waals surface area contributed by atoms with Gasteiger partial charge in [-0.25, -0.2) is 4.98 Å². The Balaban J connectivity index is 1.39. The van der Waals surface area contributed by atoms with Crippen LogP contribution in [0.4, 0.5) is 0 Å². The lowest BCUT2D eigenvalue weighted by Crippen LogP contribution is -2.48. The molecule has 1 amide bonds. The standard InChI is InChI=1S/C17H24N6O/c1-15-4-2-6-19-16(15)12-21-8-10-22(11-9-21)17(24)5-3-7-23-14-18-13-20-23/h2,4,6,13-14H,3,5,7-12H2,1H3. The van der Waals surface area contributed by atoms with Gasteiger partial charge in [0.25, 0.3) is 0 Å². The lowest BCUT2D eigenvalue weighted by atomic mass is 10.2. The predicted octanol–water partition coefficient (Wildman–Crippen LogP) is 1.11. The van der Waals surface area contributed by atoms with E-state index in [-0.39, 0.29) is 5.91 Å². The summed E-state index contributed by atoms with van der Waals surface area (Å²) in [6.07, 6.45) is 6.42. The monoisotopic (exact) mass is 328 g/mol. The minimum atomic E-state index is 0.240. The SMILES string of the molecule is Cc1cccnc1CN1CCN(C(=O)CCCn2cncn2)CC1. The normalized spacial score (nSPS) is 15.6. The van der Waals surface area contributed by atoms with E-state index >= 15 is 0 Å². The van der Waals surface area contributed by atoms with Crippen LogP contribution in [0.5, 0.6) is 0 Å². The molecule has 1 fully saturated rings. The van der Waals surface area contributed by atoms with E-state index in [1.807, 2.05) is 17.2 Å². The molecule has 7 nitrogen and oxygen atoms in total. The van der Waals surface area contributed by atoms with Crippen molar-refractivity contribution in [1.29, 1.82) is 0 Å². The first-order chi connectivity index (χ1) is 11.7. The molecule has 0 radical (unpaired) electrons. The van der Waals surface area contributed by atoms with E-state index in [1.165, 1.54) is 11.9 Å². The van der Waals surface area contributed by atoms with E-state index in [0.29, 0.717) is 6.42 Å². The third kappa shape index (κ3) is 4.38. The molecule has 1 aliphatic heterocycles. The molecule has 3 rings (SSSR count). The average molecular weight is 328 g/mol. The highest BCUT2D eigenvalue weighted by Gasteiger charge is 2.21. The number of rotatable bonds is 6. The summed E-state index contributed by atoms with van der Waals surface area (Å²) in [5.41, 5.74) is 2.36. The maximum absolute atomic E-state index is 12.3. The second-order valence-corrected chi connectivity index (χ2v) is 6.19. The van der Waals surface area contributed by atoms with Crippen molar-refractivity contribution in [3.8, 4) is 0 Å². The van der Waals surface area contributed by atoms with Gasteiger partial charge in [-0.1, -0.05) is 6.07 Å². The van der Waals surface area contributed by atoms with Gasteiger partial charge in [-0.2, -0.15) is 5.10 Å². The topological polar surface area (TPSA) is 67.2 Å². The zero-order valence-electron chi connectivity index (χ0n) is 14.1. The fraction of sp³-hybridized carbons (Fsp3) is 0.529. The summed E-state index contributed by atoms with van der Waals surface area (Å²) in [6, 6.07) is 4.06. The fourth-order valence-corrected chi connectivity index (χ4v) is 2.95.